The lowest BCUT2D eigenvalue weighted by atomic mass is 10.0. The largest absolute Gasteiger partial charge is 0.369 e. The second-order valence-corrected chi connectivity index (χ2v) is 10.3. The van der Waals surface area contributed by atoms with Gasteiger partial charge in [0, 0.05) is 87.6 Å². The van der Waals surface area contributed by atoms with Crippen molar-refractivity contribution in [2.24, 2.45) is 0 Å². The number of carbonyl (C=O) groups excluding carboxylic acids is 1. The molecule has 1 aromatic heterocycles. The minimum atomic E-state index is 0.0194. The Labute approximate surface area is 231 Å². The maximum atomic E-state index is 13.1. The van der Waals surface area contributed by atoms with Gasteiger partial charge >= 0.3 is 0 Å². The molecule has 0 amide bonds. The zero-order valence-electron chi connectivity index (χ0n) is 22.3. The van der Waals surface area contributed by atoms with Gasteiger partial charge in [-0.3, -0.25) is 9.69 Å². The molecule has 0 spiro atoms. The SMILES string of the molecule is O=C(c1ccc(CN2CCN(c3ccccc3)CC2)cc1)c1ccc(N2CCN(c3ccccc3)CC2)nc1. The molecule has 6 nitrogen and oxygen atoms in total. The third kappa shape index (κ3) is 5.96. The quantitative estimate of drug-likeness (QED) is 0.323. The van der Waals surface area contributed by atoms with E-state index in [4.69, 9.17) is 0 Å². The lowest BCUT2D eigenvalue weighted by Gasteiger charge is -2.36. The van der Waals surface area contributed by atoms with E-state index in [2.05, 4.69) is 97.4 Å². The summed E-state index contributed by atoms with van der Waals surface area (Å²) in [5, 5.41) is 0. The topological polar surface area (TPSA) is 42.9 Å². The van der Waals surface area contributed by atoms with Crippen LogP contribution in [0, 0.1) is 0 Å². The second-order valence-electron chi connectivity index (χ2n) is 10.3. The second kappa shape index (κ2) is 11.7. The summed E-state index contributed by atoms with van der Waals surface area (Å²) in [6.45, 7) is 8.80. The maximum absolute atomic E-state index is 13.1. The van der Waals surface area contributed by atoms with Gasteiger partial charge in [-0.15, -0.1) is 0 Å². The summed E-state index contributed by atoms with van der Waals surface area (Å²) in [6, 6.07) is 33.1. The highest BCUT2D eigenvalue weighted by Crippen LogP contribution is 2.21. The Hall–Kier alpha value is -4.16. The standard InChI is InChI=1S/C33H35N5O/c39-33(29-15-16-32(34-25-29)38-23-21-37(22-24-38)31-9-5-2-6-10-31)28-13-11-27(12-14-28)26-35-17-19-36(20-18-35)30-7-3-1-4-8-30/h1-16,25H,17-24,26H2. The first-order valence-electron chi connectivity index (χ1n) is 13.9. The van der Waals surface area contributed by atoms with Gasteiger partial charge in [0.2, 0.25) is 0 Å². The number of rotatable bonds is 7. The lowest BCUT2D eigenvalue weighted by molar-refractivity contribution is 0.103. The van der Waals surface area contributed by atoms with Crippen LogP contribution in [0.5, 0.6) is 0 Å². The Kier molecular flexibility index (Phi) is 7.54. The van der Waals surface area contributed by atoms with E-state index >= 15 is 0 Å². The van der Waals surface area contributed by atoms with Crippen molar-refractivity contribution in [3.63, 3.8) is 0 Å². The van der Waals surface area contributed by atoms with Crippen molar-refractivity contribution < 1.29 is 4.79 Å². The average Bonchev–Trinajstić information content (AvgIpc) is 3.02. The third-order valence-corrected chi connectivity index (χ3v) is 7.85. The molecule has 3 aromatic carbocycles. The van der Waals surface area contributed by atoms with E-state index in [9.17, 15) is 4.79 Å². The average molecular weight is 518 g/mol. The molecular weight excluding hydrogens is 482 g/mol. The number of benzene rings is 3. The summed E-state index contributed by atoms with van der Waals surface area (Å²) in [6.07, 6.45) is 1.72. The molecule has 39 heavy (non-hydrogen) atoms. The fourth-order valence-corrected chi connectivity index (χ4v) is 5.53. The normalized spacial score (nSPS) is 16.4. The highest BCUT2D eigenvalue weighted by atomic mass is 16.1. The van der Waals surface area contributed by atoms with Crippen LogP contribution in [0.1, 0.15) is 21.5 Å². The van der Waals surface area contributed by atoms with Crippen LogP contribution in [0.3, 0.4) is 0 Å². The van der Waals surface area contributed by atoms with Crippen molar-refractivity contribution in [3.8, 4) is 0 Å². The minimum absolute atomic E-state index is 0.0194. The summed E-state index contributed by atoms with van der Waals surface area (Å²) < 4.78 is 0. The van der Waals surface area contributed by atoms with Crippen LogP contribution in [0.4, 0.5) is 17.2 Å². The van der Waals surface area contributed by atoms with Crippen molar-refractivity contribution in [2.45, 2.75) is 6.54 Å². The van der Waals surface area contributed by atoms with Gasteiger partial charge in [-0.05, 0) is 42.0 Å². The fraction of sp³-hybridized carbons (Fsp3) is 0.273. The first kappa shape index (κ1) is 25.1. The number of anilines is 3. The molecule has 2 saturated heterocycles. The number of nitrogens with zero attached hydrogens (tertiary/aromatic N) is 5. The molecule has 6 heteroatoms. The third-order valence-electron chi connectivity index (χ3n) is 7.85. The Balaban J connectivity index is 1.00. The maximum Gasteiger partial charge on any atom is 0.194 e. The zero-order chi connectivity index (χ0) is 26.4. The Morgan fingerprint density at radius 2 is 1.08 bits per heavy atom. The van der Waals surface area contributed by atoms with Crippen molar-refractivity contribution in [1.82, 2.24) is 9.88 Å². The fourth-order valence-electron chi connectivity index (χ4n) is 5.53. The highest BCUT2D eigenvalue weighted by Gasteiger charge is 2.20. The summed E-state index contributed by atoms with van der Waals surface area (Å²) in [7, 11) is 0. The Bertz CT molecular complexity index is 1340. The van der Waals surface area contributed by atoms with Gasteiger partial charge in [-0.1, -0.05) is 60.7 Å². The van der Waals surface area contributed by atoms with Crippen LogP contribution in [-0.2, 0) is 6.54 Å². The molecule has 6 rings (SSSR count). The first-order chi connectivity index (χ1) is 19.2. The van der Waals surface area contributed by atoms with E-state index in [1.807, 2.05) is 24.3 Å². The van der Waals surface area contributed by atoms with E-state index in [0.29, 0.717) is 11.1 Å². The van der Waals surface area contributed by atoms with E-state index < -0.39 is 0 Å². The number of carbonyl (C=O) groups is 1. The molecule has 0 aliphatic carbocycles. The summed E-state index contributed by atoms with van der Waals surface area (Å²) >= 11 is 0. The van der Waals surface area contributed by atoms with Crippen LogP contribution in [-0.4, -0.2) is 68.0 Å². The van der Waals surface area contributed by atoms with E-state index in [-0.39, 0.29) is 5.78 Å². The zero-order valence-corrected chi connectivity index (χ0v) is 22.3. The van der Waals surface area contributed by atoms with Gasteiger partial charge in [0.15, 0.2) is 5.78 Å². The molecule has 0 radical (unpaired) electrons. The lowest BCUT2D eigenvalue weighted by Crippen LogP contribution is -2.46. The number of ketones is 1. The summed E-state index contributed by atoms with van der Waals surface area (Å²) in [4.78, 5) is 27.4. The van der Waals surface area contributed by atoms with Crippen LogP contribution in [0.2, 0.25) is 0 Å². The molecule has 0 unspecified atom stereocenters. The number of hydrogen-bond acceptors (Lipinski definition) is 6. The van der Waals surface area contributed by atoms with Gasteiger partial charge in [-0.25, -0.2) is 4.98 Å². The van der Waals surface area contributed by atoms with Gasteiger partial charge in [0.1, 0.15) is 5.82 Å². The first-order valence-corrected chi connectivity index (χ1v) is 13.9. The van der Waals surface area contributed by atoms with E-state index in [1.54, 1.807) is 6.20 Å². The van der Waals surface area contributed by atoms with Crippen LogP contribution in [0.25, 0.3) is 0 Å². The molecule has 0 N–H and O–H groups in total. The Morgan fingerprint density at radius 3 is 1.62 bits per heavy atom. The van der Waals surface area contributed by atoms with Gasteiger partial charge < -0.3 is 14.7 Å². The number of hydrogen-bond donors (Lipinski definition) is 0. The summed E-state index contributed by atoms with van der Waals surface area (Å²) in [5.41, 5.74) is 5.14. The number of para-hydroxylation sites is 2. The molecule has 2 aliphatic heterocycles. The van der Waals surface area contributed by atoms with Crippen molar-refractivity contribution >= 4 is 23.0 Å². The smallest absolute Gasteiger partial charge is 0.194 e. The number of piperazine rings is 2. The number of pyridine rings is 1. The molecule has 2 fully saturated rings. The molecule has 3 heterocycles. The van der Waals surface area contributed by atoms with Crippen molar-refractivity contribution in [3.05, 3.63) is 120 Å². The highest BCUT2D eigenvalue weighted by molar-refractivity contribution is 6.08. The van der Waals surface area contributed by atoms with Crippen LogP contribution >= 0.6 is 0 Å². The predicted molar refractivity (Wildman–Crippen MR) is 159 cm³/mol. The molecule has 0 atom stereocenters. The molecule has 0 saturated carbocycles. The van der Waals surface area contributed by atoms with Crippen molar-refractivity contribution in [2.75, 3.05) is 67.1 Å². The van der Waals surface area contributed by atoms with Crippen molar-refractivity contribution in [1.29, 1.82) is 0 Å². The molecule has 198 valence electrons. The molecule has 2 aliphatic rings. The number of aromatic nitrogens is 1. The molecular formula is C33H35N5O. The Morgan fingerprint density at radius 1 is 0.564 bits per heavy atom. The van der Waals surface area contributed by atoms with Gasteiger partial charge in [-0.2, -0.15) is 0 Å². The van der Waals surface area contributed by atoms with E-state index in [1.165, 1.54) is 16.9 Å². The van der Waals surface area contributed by atoms with Gasteiger partial charge in [0.25, 0.3) is 0 Å². The molecule has 4 aromatic rings. The van der Waals surface area contributed by atoms with E-state index in [0.717, 1.165) is 64.7 Å². The van der Waals surface area contributed by atoms with Crippen LogP contribution in [0.15, 0.2) is 103 Å². The van der Waals surface area contributed by atoms with Crippen LogP contribution < -0.4 is 14.7 Å². The molecule has 0 bridgehead atoms. The monoisotopic (exact) mass is 517 g/mol. The summed E-state index contributed by atoms with van der Waals surface area (Å²) in [5.74, 6) is 0.952. The van der Waals surface area contributed by atoms with Gasteiger partial charge in [0.05, 0.1) is 0 Å². The minimum Gasteiger partial charge on any atom is -0.369 e. The predicted octanol–water partition coefficient (Wildman–Crippen LogP) is 4.96.